The lowest BCUT2D eigenvalue weighted by atomic mass is 10.1. The Kier molecular flexibility index (Phi) is 4.24. The molecular weight excluding hydrogens is 266 g/mol. The Morgan fingerprint density at radius 3 is 3.10 bits per heavy atom. The first-order valence-corrected chi connectivity index (χ1v) is 7.72. The molecule has 1 aromatic rings. The third kappa shape index (κ3) is 3.26. The van der Waals surface area contributed by atoms with Crippen LogP contribution in [0, 0.1) is 0 Å². The molecule has 2 N–H and O–H groups in total. The van der Waals surface area contributed by atoms with Crippen molar-refractivity contribution in [3.05, 3.63) is 23.9 Å². The Morgan fingerprint density at radius 1 is 1.43 bits per heavy atom. The zero-order chi connectivity index (χ0) is 14.7. The molecule has 1 unspecified atom stereocenters. The number of pyridine rings is 1. The van der Waals surface area contributed by atoms with Gasteiger partial charge in [-0.25, -0.2) is 9.78 Å². The minimum atomic E-state index is 0.0904. The molecule has 2 amide bonds. The number of piperazine rings is 1. The average molecular weight is 289 g/mol. The number of amides is 2. The summed E-state index contributed by atoms with van der Waals surface area (Å²) in [6.45, 7) is 7.46. The van der Waals surface area contributed by atoms with Crippen LogP contribution in [-0.4, -0.2) is 59.6 Å². The maximum absolute atomic E-state index is 11.6. The molecule has 1 atom stereocenters. The van der Waals surface area contributed by atoms with Crippen LogP contribution < -0.4 is 10.6 Å². The molecule has 0 saturated carbocycles. The van der Waals surface area contributed by atoms with E-state index in [1.54, 1.807) is 0 Å². The highest BCUT2D eigenvalue weighted by Crippen LogP contribution is 2.16. The molecule has 114 valence electrons. The fourth-order valence-electron chi connectivity index (χ4n) is 2.95. The van der Waals surface area contributed by atoms with Crippen molar-refractivity contribution in [3.63, 3.8) is 0 Å². The maximum Gasteiger partial charge on any atom is 0.317 e. The number of carbonyl (C=O) groups excluding carboxylic acids is 1. The van der Waals surface area contributed by atoms with Crippen LogP contribution in [0.2, 0.25) is 0 Å². The molecule has 6 heteroatoms. The summed E-state index contributed by atoms with van der Waals surface area (Å²) in [4.78, 5) is 20.4. The second kappa shape index (κ2) is 6.30. The molecule has 2 aliphatic rings. The highest BCUT2D eigenvalue weighted by Gasteiger charge is 2.35. The van der Waals surface area contributed by atoms with Crippen molar-refractivity contribution in [1.29, 1.82) is 0 Å². The number of nitrogens with one attached hydrogen (secondary N) is 2. The largest absolute Gasteiger partial charge is 0.370 e. The summed E-state index contributed by atoms with van der Waals surface area (Å²) in [5.41, 5.74) is 1.22. The monoisotopic (exact) mass is 289 g/mol. The van der Waals surface area contributed by atoms with Gasteiger partial charge < -0.3 is 15.5 Å². The SMILES string of the molecule is CCCNc1ccc(CN2CCN3C(=O)NCC3C2)cn1. The summed E-state index contributed by atoms with van der Waals surface area (Å²) >= 11 is 0. The van der Waals surface area contributed by atoms with E-state index in [2.05, 4.69) is 33.5 Å². The Bertz CT molecular complexity index is 489. The van der Waals surface area contributed by atoms with E-state index in [0.29, 0.717) is 6.04 Å². The molecule has 3 rings (SSSR count). The number of aromatic nitrogens is 1. The molecule has 0 bridgehead atoms. The highest BCUT2D eigenvalue weighted by molar-refractivity contribution is 5.77. The number of carbonyl (C=O) groups is 1. The van der Waals surface area contributed by atoms with Crippen LogP contribution in [-0.2, 0) is 6.54 Å². The van der Waals surface area contributed by atoms with Gasteiger partial charge in [-0.3, -0.25) is 4.90 Å². The van der Waals surface area contributed by atoms with Crippen LogP contribution in [0.5, 0.6) is 0 Å². The quantitative estimate of drug-likeness (QED) is 0.852. The standard InChI is InChI=1S/C15H23N5O/c1-2-5-16-14-4-3-12(8-17-14)10-19-6-7-20-13(11-19)9-18-15(20)21/h3-4,8,13H,2,5-7,9-11H2,1H3,(H,16,17)(H,18,21). The molecule has 6 nitrogen and oxygen atoms in total. The maximum atomic E-state index is 11.6. The molecule has 21 heavy (non-hydrogen) atoms. The van der Waals surface area contributed by atoms with E-state index in [0.717, 1.165) is 51.5 Å². The van der Waals surface area contributed by atoms with E-state index < -0.39 is 0 Å². The summed E-state index contributed by atoms with van der Waals surface area (Å²) in [6.07, 6.45) is 3.05. The van der Waals surface area contributed by atoms with Crippen molar-refractivity contribution in [2.45, 2.75) is 25.9 Å². The lowest BCUT2D eigenvalue weighted by Crippen LogP contribution is -2.51. The van der Waals surface area contributed by atoms with Crippen LogP contribution in [0.3, 0.4) is 0 Å². The number of urea groups is 1. The van der Waals surface area contributed by atoms with Crippen LogP contribution in [0.15, 0.2) is 18.3 Å². The van der Waals surface area contributed by atoms with Crippen molar-refractivity contribution in [3.8, 4) is 0 Å². The fourth-order valence-corrected chi connectivity index (χ4v) is 2.95. The second-order valence-corrected chi connectivity index (χ2v) is 5.75. The summed E-state index contributed by atoms with van der Waals surface area (Å²) in [5.74, 6) is 0.941. The highest BCUT2D eigenvalue weighted by atomic mass is 16.2. The zero-order valence-electron chi connectivity index (χ0n) is 12.5. The van der Waals surface area contributed by atoms with Crippen molar-refractivity contribution in [2.24, 2.45) is 0 Å². The minimum Gasteiger partial charge on any atom is -0.370 e. The van der Waals surface area contributed by atoms with Crippen LogP contribution in [0.1, 0.15) is 18.9 Å². The first-order chi connectivity index (χ1) is 10.3. The normalized spacial score (nSPS) is 22.0. The molecule has 0 aromatic carbocycles. The van der Waals surface area contributed by atoms with E-state index in [1.165, 1.54) is 5.56 Å². The number of nitrogens with zero attached hydrogens (tertiary/aromatic N) is 3. The van der Waals surface area contributed by atoms with E-state index in [4.69, 9.17) is 0 Å². The predicted octanol–water partition coefficient (Wildman–Crippen LogP) is 1.11. The molecule has 1 aromatic heterocycles. The topological polar surface area (TPSA) is 60.5 Å². The smallest absolute Gasteiger partial charge is 0.317 e. The van der Waals surface area contributed by atoms with Gasteiger partial charge in [0.05, 0.1) is 6.04 Å². The van der Waals surface area contributed by atoms with E-state index in [1.807, 2.05) is 17.2 Å². The lowest BCUT2D eigenvalue weighted by molar-refractivity contribution is 0.116. The van der Waals surface area contributed by atoms with Gasteiger partial charge in [0.1, 0.15) is 5.82 Å². The Labute approximate surface area is 125 Å². The average Bonchev–Trinajstić information content (AvgIpc) is 2.87. The van der Waals surface area contributed by atoms with Gasteiger partial charge in [0.25, 0.3) is 0 Å². The number of hydrogen-bond acceptors (Lipinski definition) is 4. The van der Waals surface area contributed by atoms with Gasteiger partial charge in [-0.05, 0) is 18.1 Å². The van der Waals surface area contributed by atoms with Crippen molar-refractivity contribution < 1.29 is 4.79 Å². The molecule has 2 saturated heterocycles. The summed E-state index contributed by atoms with van der Waals surface area (Å²) in [7, 11) is 0. The van der Waals surface area contributed by atoms with Crippen LogP contribution >= 0.6 is 0 Å². The second-order valence-electron chi connectivity index (χ2n) is 5.75. The molecule has 2 fully saturated rings. The van der Waals surface area contributed by atoms with Crippen molar-refractivity contribution in [2.75, 3.05) is 38.0 Å². The van der Waals surface area contributed by atoms with Crippen molar-refractivity contribution in [1.82, 2.24) is 20.1 Å². The lowest BCUT2D eigenvalue weighted by Gasteiger charge is -2.36. The van der Waals surface area contributed by atoms with E-state index >= 15 is 0 Å². The first-order valence-electron chi connectivity index (χ1n) is 7.72. The molecule has 3 heterocycles. The summed E-state index contributed by atoms with van der Waals surface area (Å²) in [5, 5.41) is 6.20. The third-order valence-corrected chi connectivity index (χ3v) is 4.10. The Hall–Kier alpha value is -1.82. The van der Waals surface area contributed by atoms with Gasteiger partial charge in [-0.1, -0.05) is 13.0 Å². The van der Waals surface area contributed by atoms with Crippen molar-refractivity contribution >= 4 is 11.8 Å². The first kappa shape index (κ1) is 14.1. The molecule has 0 aliphatic carbocycles. The molecule has 2 aliphatic heterocycles. The minimum absolute atomic E-state index is 0.0904. The van der Waals surface area contributed by atoms with Gasteiger partial charge in [0.15, 0.2) is 0 Å². The van der Waals surface area contributed by atoms with Gasteiger partial charge in [-0.2, -0.15) is 0 Å². The van der Waals surface area contributed by atoms with Gasteiger partial charge in [0.2, 0.25) is 0 Å². The van der Waals surface area contributed by atoms with Crippen LogP contribution in [0.25, 0.3) is 0 Å². The molecular formula is C15H23N5O. The summed E-state index contributed by atoms with van der Waals surface area (Å²) in [6, 6.07) is 4.59. The van der Waals surface area contributed by atoms with Gasteiger partial charge in [0, 0.05) is 45.5 Å². The number of rotatable bonds is 5. The van der Waals surface area contributed by atoms with Crippen LogP contribution in [0.4, 0.5) is 10.6 Å². The van der Waals surface area contributed by atoms with E-state index in [9.17, 15) is 4.79 Å². The van der Waals surface area contributed by atoms with Gasteiger partial charge >= 0.3 is 6.03 Å². The molecule has 0 spiro atoms. The number of fused-ring (bicyclic) bond motifs is 1. The fraction of sp³-hybridized carbons (Fsp3) is 0.600. The summed E-state index contributed by atoms with van der Waals surface area (Å²) < 4.78 is 0. The predicted molar refractivity (Wildman–Crippen MR) is 82.2 cm³/mol. The number of hydrogen-bond donors (Lipinski definition) is 2. The zero-order valence-corrected chi connectivity index (χ0v) is 12.5. The molecule has 0 radical (unpaired) electrons. The third-order valence-electron chi connectivity index (χ3n) is 4.10. The number of anilines is 1. The van der Waals surface area contributed by atoms with E-state index in [-0.39, 0.29) is 6.03 Å². The Balaban J connectivity index is 1.53. The van der Waals surface area contributed by atoms with Gasteiger partial charge in [-0.15, -0.1) is 0 Å². The Morgan fingerprint density at radius 2 is 2.33 bits per heavy atom.